The molecule has 2 rings (SSSR count). The molecule has 0 aliphatic rings. The van der Waals surface area contributed by atoms with E-state index in [1.165, 1.54) is 4.88 Å². The van der Waals surface area contributed by atoms with E-state index in [0.717, 1.165) is 16.4 Å². The Hall–Kier alpha value is -1.30. The molecule has 1 aromatic carbocycles. The molecular formula is C15H19ClN2O2S. The van der Waals surface area contributed by atoms with Crippen molar-refractivity contribution in [3.05, 3.63) is 39.3 Å². The predicted molar refractivity (Wildman–Crippen MR) is 87.6 cm³/mol. The Bertz CT molecular complexity index is 589. The molecule has 0 spiro atoms. The number of aromatic nitrogens is 1. The average molecular weight is 327 g/mol. The van der Waals surface area contributed by atoms with Crippen molar-refractivity contribution in [3.8, 4) is 5.75 Å². The predicted octanol–water partition coefficient (Wildman–Crippen LogP) is 4.13. The Balaban J connectivity index is 2.07. The van der Waals surface area contributed by atoms with Crippen molar-refractivity contribution in [2.45, 2.75) is 26.5 Å². The van der Waals surface area contributed by atoms with E-state index in [9.17, 15) is 0 Å². The third-order valence-corrected chi connectivity index (χ3v) is 3.94. The second-order valence-corrected chi connectivity index (χ2v) is 6.48. The van der Waals surface area contributed by atoms with Gasteiger partial charge in [-0.15, -0.1) is 11.3 Å². The summed E-state index contributed by atoms with van der Waals surface area (Å²) in [5, 5.41) is 5.08. The van der Waals surface area contributed by atoms with Gasteiger partial charge in [-0.25, -0.2) is 4.98 Å². The van der Waals surface area contributed by atoms with Gasteiger partial charge in [-0.1, -0.05) is 11.6 Å². The zero-order valence-electron chi connectivity index (χ0n) is 12.4. The minimum Gasteiger partial charge on any atom is -0.486 e. The SMILES string of the molecule is COCC(C)Oc1ccc(Cl)cc1NCc1cnc(C)s1. The molecule has 0 amide bonds. The summed E-state index contributed by atoms with van der Waals surface area (Å²) in [7, 11) is 1.66. The van der Waals surface area contributed by atoms with Gasteiger partial charge in [-0.2, -0.15) is 0 Å². The van der Waals surface area contributed by atoms with Crippen molar-refractivity contribution >= 4 is 28.6 Å². The van der Waals surface area contributed by atoms with Gasteiger partial charge in [-0.05, 0) is 32.0 Å². The lowest BCUT2D eigenvalue weighted by atomic mass is 10.2. The number of benzene rings is 1. The maximum atomic E-state index is 6.07. The minimum absolute atomic E-state index is 0.0256. The first kappa shape index (κ1) is 16.1. The third-order valence-electron chi connectivity index (χ3n) is 2.79. The first-order valence-electron chi connectivity index (χ1n) is 6.69. The Labute approximate surface area is 134 Å². The zero-order chi connectivity index (χ0) is 15.2. The molecule has 0 radical (unpaired) electrons. The summed E-state index contributed by atoms with van der Waals surface area (Å²) >= 11 is 7.74. The van der Waals surface area contributed by atoms with Crippen LogP contribution >= 0.6 is 22.9 Å². The smallest absolute Gasteiger partial charge is 0.143 e. The fraction of sp³-hybridized carbons (Fsp3) is 0.400. The van der Waals surface area contributed by atoms with E-state index >= 15 is 0 Å². The number of thiazole rings is 1. The lowest BCUT2D eigenvalue weighted by molar-refractivity contribution is 0.0925. The average Bonchev–Trinajstić information content (AvgIpc) is 2.85. The summed E-state index contributed by atoms with van der Waals surface area (Å²) in [4.78, 5) is 5.42. The first-order chi connectivity index (χ1) is 10.1. The monoisotopic (exact) mass is 326 g/mol. The molecule has 6 heteroatoms. The molecule has 1 aromatic heterocycles. The summed E-state index contributed by atoms with van der Waals surface area (Å²) in [6, 6.07) is 5.55. The van der Waals surface area contributed by atoms with Gasteiger partial charge in [0.25, 0.3) is 0 Å². The molecule has 0 saturated heterocycles. The molecule has 114 valence electrons. The van der Waals surface area contributed by atoms with E-state index in [4.69, 9.17) is 21.1 Å². The van der Waals surface area contributed by atoms with Crippen LogP contribution in [0.1, 0.15) is 16.8 Å². The highest BCUT2D eigenvalue weighted by Gasteiger charge is 2.09. The Morgan fingerprint density at radius 3 is 2.90 bits per heavy atom. The van der Waals surface area contributed by atoms with Crippen molar-refractivity contribution in [1.82, 2.24) is 4.98 Å². The van der Waals surface area contributed by atoms with Crippen LogP contribution in [-0.2, 0) is 11.3 Å². The molecule has 2 aromatic rings. The van der Waals surface area contributed by atoms with Gasteiger partial charge in [-0.3, -0.25) is 0 Å². The number of hydrogen-bond acceptors (Lipinski definition) is 5. The van der Waals surface area contributed by atoms with Gasteiger partial charge in [0.15, 0.2) is 0 Å². The molecular weight excluding hydrogens is 308 g/mol. The van der Waals surface area contributed by atoms with Gasteiger partial charge in [0.2, 0.25) is 0 Å². The number of methoxy groups -OCH3 is 1. The molecule has 1 unspecified atom stereocenters. The van der Waals surface area contributed by atoms with E-state index in [2.05, 4.69) is 10.3 Å². The second-order valence-electron chi connectivity index (χ2n) is 4.72. The van der Waals surface area contributed by atoms with Crippen LogP contribution in [0.5, 0.6) is 5.75 Å². The fourth-order valence-corrected chi connectivity index (χ4v) is 2.80. The molecule has 1 atom stereocenters. The van der Waals surface area contributed by atoms with Crippen molar-refractivity contribution in [2.24, 2.45) is 0 Å². The van der Waals surface area contributed by atoms with Gasteiger partial charge in [0, 0.05) is 23.2 Å². The standard InChI is InChI=1S/C15H19ClN2O2S/c1-10(9-19-3)20-15-5-4-12(16)6-14(15)18-8-13-7-17-11(2)21-13/h4-7,10,18H,8-9H2,1-3H3. The third kappa shape index (κ3) is 4.88. The molecule has 0 aliphatic carbocycles. The number of ether oxygens (including phenoxy) is 2. The first-order valence-corrected chi connectivity index (χ1v) is 7.88. The quantitative estimate of drug-likeness (QED) is 0.830. The van der Waals surface area contributed by atoms with Crippen LogP contribution in [-0.4, -0.2) is 24.8 Å². The number of rotatable bonds is 7. The van der Waals surface area contributed by atoms with Gasteiger partial charge >= 0.3 is 0 Å². The topological polar surface area (TPSA) is 43.4 Å². The molecule has 0 saturated carbocycles. The van der Waals surface area contributed by atoms with Gasteiger partial charge in [0.1, 0.15) is 11.9 Å². The molecule has 0 aliphatic heterocycles. The lowest BCUT2D eigenvalue weighted by Crippen LogP contribution is -2.18. The Kier molecular flexibility index (Phi) is 5.85. The molecule has 0 fully saturated rings. The van der Waals surface area contributed by atoms with Crippen LogP contribution in [0.15, 0.2) is 24.4 Å². The Morgan fingerprint density at radius 2 is 2.24 bits per heavy atom. The van der Waals surface area contributed by atoms with E-state index in [1.807, 2.05) is 38.2 Å². The van der Waals surface area contributed by atoms with E-state index in [0.29, 0.717) is 18.2 Å². The molecule has 21 heavy (non-hydrogen) atoms. The number of anilines is 1. The van der Waals surface area contributed by atoms with Crippen LogP contribution in [0.3, 0.4) is 0 Å². The van der Waals surface area contributed by atoms with Crippen LogP contribution in [0.4, 0.5) is 5.69 Å². The van der Waals surface area contributed by atoms with Crippen molar-refractivity contribution in [2.75, 3.05) is 19.0 Å². The largest absolute Gasteiger partial charge is 0.486 e. The number of nitrogens with zero attached hydrogens (tertiary/aromatic N) is 1. The van der Waals surface area contributed by atoms with Crippen LogP contribution in [0.2, 0.25) is 5.02 Å². The summed E-state index contributed by atoms with van der Waals surface area (Å²) in [6.45, 7) is 5.19. The molecule has 0 bridgehead atoms. The lowest BCUT2D eigenvalue weighted by Gasteiger charge is -2.17. The van der Waals surface area contributed by atoms with Crippen molar-refractivity contribution in [1.29, 1.82) is 0 Å². The summed E-state index contributed by atoms with van der Waals surface area (Å²) in [6.07, 6.45) is 1.86. The van der Waals surface area contributed by atoms with Gasteiger partial charge in [0.05, 0.1) is 23.8 Å². The van der Waals surface area contributed by atoms with E-state index in [1.54, 1.807) is 18.4 Å². The number of aryl methyl sites for hydroxylation is 1. The fourth-order valence-electron chi connectivity index (χ4n) is 1.90. The Morgan fingerprint density at radius 1 is 1.43 bits per heavy atom. The summed E-state index contributed by atoms with van der Waals surface area (Å²) < 4.78 is 11.0. The highest BCUT2D eigenvalue weighted by atomic mass is 35.5. The van der Waals surface area contributed by atoms with E-state index < -0.39 is 0 Å². The minimum atomic E-state index is -0.0256. The molecule has 1 heterocycles. The van der Waals surface area contributed by atoms with E-state index in [-0.39, 0.29) is 6.10 Å². The van der Waals surface area contributed by atoms with Crippen LogP contribution in [0, 0.1) is 6.92 Å². The van der Waals surface area contributed by atoms with Crippen LogP contribution < -0.4 is 10.1 Å². The zero-order valence-corrected chi connectivity index (χ0v) is 13.9. The second kappa shape index (κ2) is 7.64. The number of nitrogens with one attached hydrogen (secondary N) is 1. The van der Waals surface area contributed by atoms with Crippen molar-refractivity contribution < 1.29 is 9.47 Å². The van der Waals surface area contributed by atoms with Gasteiger partial charge < -0.3 is 14.8 Å². The molecule has 1 N–H and O–H groups in total. The summed E-state index contributed by atoms with van der Waals surface area (Å²) in [5.74, 6) is 0.769. The maximum absolute atomic E-state index is 6.07. The normalized spacial score (nSPS) is 12.2. The van der Waals surface area contributed by atoms with Crippen molar-refractivity contribution in [3.63, 3.8) is 0 Å². The highest BCUT2D eigenvalue weighted by Crippen LogP contribution is 2.29. The number of halogens is 1. The number of hydrogen-bond donors (Lipinski definition) is 1. The summed E-state index contributed by atoms with van der Waals surface area (Å²) in [5.41, 5.74) is 0.872. The maximum Gasteiger partial charge on any atom is 0.143 e. The molecule has 4 nitrogen and oxygen atoms in total. The highest BCUT2D eigenvalue weighted by molar-refractivity contribution is 7.11. The van der Waals surface area contributed by atoms with Crippen LogP contribution in [0.25, 0.3) is 0 Å².